The van der Waals surface area contributed by atoms with Gasteiger partial charge in [-0.2, -0.15) is 0 Å². The largest absolute Gasteiger partial charge is 0.353 e. The van der Waals surface area contributed by atoms with Crippen LogP contribution in [-0.2, 0) is 22.6 Å². The van der Waals surface area contributed by atoms with E-state index >= 15 is 0 Å². The van der Waals surface area contributed by atoms with Gasteiger partial charge in [0, 0.05) is 31.8 Å². The zero-order valence-electron chi connectivity index (χ0n) is 10.8. The van der Waals surface area contributed by atoms with Crippen LogP contribution >= 0.6 is 0 Å². The molecule has 3 rings (SSSR count). The molecule has 3 heterocycles. The average molecular weight is 262 g/mol. The molecule has 0 bridgehead atoms. The average Bonchev–Trinajstić information content (AvgIpc) is 2.97. The van der Waals surface area contributed by atoms with E-state index in [0.29, 0.717) is 12.8 Å². The standard InChI is InChI=1S/C13H18N4O2/c18-12-5-4-9(15-12)7-13(19)16-11-8-14-10-3-1-2-6-17(10)11/h8-9H,1-7H2,(H,15,18)(H,16,19)/t9-/m1/s1. The molecule has 0 saturated carbocycles. The van der Waals surface area contributed by atoms with Crippen LogP contribution in [0.5, 0.6) is 0 Å². The smallest absolute Gasteiger partial charge is 0.227 e. The molecule has 2 amide bonds. The second kappa shape index (κ2) is 5.03. The van der Waals surface area contributed by atoms with Crippen molar-refractivity contribution in [1.82, 2.24) is 14.9 Å². The number of nitrogens with zero attached hydrogens (tertiary/aromatic N) is 2. The Morgan fingerprint density at radius 3 is 3.16 bits per heavy atom. The zero-order chi connectivity index (χ0) is 13.2. The molecule has 19 heavy (non-hydrogen) atoms. The summed E-state index contributed by atoms with van der Waals surface area (Å²) in [6.45, 7) is 0.922. The van der Waals surface area contributed by atoms with Crippen LogP contribution in [0.1, 0.15) is 37.9 Å². The summed E-state index contributed by atoms with van der Waals surface area (Å²) in [4.78, 5) is 27.4. The lowest BCUT2D eigenvalue weighted by Gasteiger charge is -2.17. The van der Waals surface area contributed by atoms with Gasteiger partial charge in [0.1, 0.15) is 11.6 Å². The minimum Gasteiger partial charge on any atom is -0.353 e. The van der Waals surface area contributed by atoms with Gasteiger partial charge in [-0.1, -0.05) is 0 Å². The normalized spacial score (nSPS) is 21.9. The van der Waals surface area contributed by atoms with E-state index in [0.717, 1.165) is 37.4 Å². The minimum atomic E-state index is -0.0551. The highest BCUT2D eigenvalue weighted by Crippen LogP contribution is 2.20. The number of fused-ring (bicyclic) bond motifs is 1. The summed E-state index contributed by atoms with van der Waals surface area (Å²) in [6, 6.07) is -0.0174. The topological polar surface area (TPSA) is 76.0 Å². The van der Waals surface area contributed by atoms with Crippen molar-refractivity contribution in [2.75, 3.05) is 5.32 Å². The van der Waals surface area contributed by atoms with Crippen LogP contribution in [0.25, 0.3) is 0 Å². The van der Waals surface area contributed by atoms with Crippen LogP contribution in [0.15, 0.2) is 6.20 Å². The Hall–Kier alpha value is -1.85. The first-order valence-electron chi connectivity index (χ1n) is 6.86. The summed E-state index contributed by atoms with van der Waals surface area (Å²) < 4.78 is 2.08. The number of rotatable bonds is 3. The van der Waals surface area contributed by atoms with Crippen LogP contribution in [0.2, 0.25) is 0 Å². The van der Waals surface area contributed by atoms with Gasteiger partial charge in [-0.3, -0.25) is 9.59 Å². The van der Waals surface area contributed by atoms with Crippen molar-refractivity contribution in [3.8, 4) is 0 Å². The first kappa shape index (κ1) is 12.2. The summed E-state index contributed by atoms with van der Waals surface area (Å²) in [5.41, 5.74) is 0. The molecule has 0 unspecified atom stereocenters. The molecular formula is C13H18N4O2. The number of aryl methyl sites for hydroxylation is 1. The molecule has 1 aromatic rings. The zero-order valence-corrected chi connectivity index (χ0v) is 10.8. The number of anilines is 1. The highest BCUT2D eigenvalue weighted by atomic mass is 16.2. The number of hydrogen-bond donors (Lipinski definition) is 2. The van der Waals surface area contributed by atoms with Gasteiger partial charge in [-0.15, -0.1) is 0 Å². The molecule has 0 radical (unpaired) electrons. The molecule has 1 atom stereocenters. The number of amides is 2. The van der Waals surface area contributed by atoms with E-state index in [1.54, 1.807) is 6.20 Å². The van der Waals surface area contributed by atoms with E-state index in [4.69, 9.17) is 0 Å². The van der Waals surface area contributed by atoms with E-state index < -0.39 is 0 Å². The predicted molar refractivity (Wildman–Crippen MR) is 69.6 cm³/mol. The highest BCUT2D eigenvalue weighted by molar-refractivity contribution is 5.91. The van der Waals surface area contributed by atoms with Crippen molar-refractivity contribution in [2.45, 2.75) is 51.1 Å². The molecule has 1 aromatic heterocycles. The Bertz CT molecular complexity index is 509. The summed E-state index contributed by atoms with van der Waals surface area (Å²) in [7, 11) is 0. The van der Waals surface area contributed by atoms with Gasteiger partial charge in [0.15, 0.2) is 0 Å². The number of imidazole rings is 1. The quantitative estimate of drug-likeness (QED) is 0.847. The number of carbonyl (C=O) groups excluding carboxylic acids is 2. The summed E-state index contributed by atoms with van der Waals surface area (Å²) >= 11 is 0. The van der Waals surface area contributed by atoms with Gasteiger partial charge in [-0.05, 0) is 19.3 Å². The third-order valence-electron chi connectivity index (χ3n) is 3.75. The molecule has 6 nitrogen and oxygen atoms in total. The van der Waals surface area contributed by atoms with Crippen LogP contribution in [0.3, 0.4) is 0 Å². The third kappa shape index (κ3) is 2.62. The van der Waals surface area contributed by atoms with Crippen molar-refractivity contribution in [3.05, 3.63) is 12.0 Å². The Morgan fingerprint density at radius 2 is 2.37 bits per heavy atom. The first-order chi connectivity index (χ1) is 9.22. The fourth-order valence-electron chi connectivity index (χ4n) is 2.76. The molecule has 0 aromatic carbocycles. The van der Waals surface area contributed by atoms with E-state index in [9.17, 15) is 9.59 Å². The fraction of sp³-hybridized carbons (Fsp3) is 0.615. The van der Waals surface area contributed by atoms with Crippen molar-refractivity contribution in [1.29, 1.82) is 0 Å². The minimum absolute atomic E-state index is 0.0174. The third-order valence-corrected chi connectivity index (χ3v) is 3.75. The number of nitrogens with one attached hydrogen (secondary N) is 2. The lowest BCUT2D eigenvalue weighted by atomic mass is 10.1. The van der Waals surface area contributed by atoms with Gasteiger partial charge in [0.25, 0.3) is 0 Å². The predicted octanol–water partition coefficient (Wildman–Crippen LogP) is 0.827. The van der Waals surface area contributed by atoms with Gasteiger partial charge >= 0.3 is 0 Å². The van der Waals surface area contributed by atoms with Gasteiger partial charge in [-0.25, -0.2) is 4.98 Å². The van der Waals surface area contributed by atoms with Crippen LogP contribution in [-0.4, -0.2) is 27.4 Å². The van der Waals surface area contributed by atoms with Crippen molar-refractivity contribution >= 4 is 17.6 Å². The summed E-state index contributed by atoms with van der Waals surface area (Å²) in [6.07, 6.45) is 6.62. The monoisotopic (exact) mass is 262 g/mol. The van der Waals surface area contributed by atoms with Gasteiger partial charge < -0.3 is 15.2 Å². The Morgan fingerprint density at radius 1 is 1.47 bits per heavy atom. The number of carbonyl (C=O) groups is 2. The molecule has 0 aliphatic carbocycles. The number of aromatic nitrogens is 2. The Kier molecular flexibility index (Phi) is 3.23. The lowest BCUT2D eigenvalue weighted by Crippen LogP contribution is -2.30. The second-order valence-electron chi connectivity index (χ2n) is 5.22. The van der Waals surface area contributed by atoms with E-state index in [1.807, 2.05) is 0 Å². The number of hydrogen-bond acceptors (Lipinski definition) is 3. The maximum atomic E-state index is 12.0. The van der Waals surface area contributed by atoms with Gasteiger partial charge in [0.05, 0.1) is 6.20 Å². The molecule has 2 aliphatic rings. The maximum Gasteiger partial charge on any atom is 0.227 e. The molecule has 1 saturated heterocycles. The second-order valence-corrected chi connectivity index (χ2v) is 5.22. The van der Waals surface area contributed by atoms with Gasteiger partial charge in [0.2, 0.25) is 11.8 Å². The fourth-order valence-corrected chi connectivity index (χ4v) is 2.76. The van der Waals surface area contributed by atoms with E-state index in [-0.39, 0.29) is 17.9 Å². The van der Waals surface area contributed by atoms with E-state index in [2.05, 4.69) is 20.2 Å². The molecule has 102 valence electrons. The molecule has 1 fully saturated rings. The Labute approximate surface area is 111 Å². The van der Waals surface area contributed by atoms with Crippen molar-refractivity contribution in [2.24, 2.45) is 0 Å². The van der Waals surface area contributed by atoms with Crippen LogP contribution in [0.4, 0.5) is 5.82 Å². The van der Waals surface area contributed by atoms with Crippen molar-refractivity contribution < 1.29 is 9.59 Å². The first-order valence-corrected chi connectivity index (χ1v) is 6.86. The SMILES string of the molecule is O=C(C[C@H]1CCC(=O)N1)Nc1cnc2n1CCCC2. The molecular weight excluding hydrogens is 244 g/mol. The van der Waals surface area contributed by atoms with E-state index in [1.165, 1.54) is 6.42 Å². The van der Waals surface area contributed by atoms with Crippen LogP contribution in [0, 0.1) is 0 Å². The molecule has 2 N–H and O–H groups in total. The summed E-state index contributed by atoms with van der Waals surface area (Å²) in [5, 5.41) is 5.71. The highest BCUT2D eigenvalue weighted by Gasteiger charge is 2.24. The summed E-state index contributed by atoms with van der Waals surface area (Å²) in [5.74, 6) is 1.82. The Balaban J connectivity index is 1.60. The maximum absolute atomic E-state index is 12.0. The van der Waals surface area contributed by atoms with Crippen molar-refractivity contribution in [3.63, 3.8) is 0 Å². The molecule has 2 aliphatic heterocycles. The lowest BCUT2D eigenvalue weighted by molar-refractivity contribution is -0.119. The molecule has 6 heteroatoms. The van der Waals surface area contributed by atoms with Crippen LogP contribution < -0.4 is 10.6 Å². The molecule has 0 spiro atoms.